The number of halogens is 6. The number of alkyl halides is 6. The number of hydrogen-bond donors (Lipinski definition) is 0. The number of benzene rings is 2. The van der Waals surface area contributed by atoms with E-state index in [1.165, 1.54) is 34.4 Å². The molecule has 1 amide bonds. The van der Waals surface area contributed by atoms with Gasteiger partial charge in [-0.25, -0.2) is 4.98 Å². The molecule has 0 aliphatic carbocycles. The van der Waals surface area contributed by atoms with Gasteiger partial charge in [-0.2, -0.15) is 26.3 Å². The van der Waals surface area contributed by atoms with E-state index < -0.39 is 23.5 Å². The van der Waals surface area contributed by atoms with Crippen LogP contribution in [-0.2, 0) is 12.4 Å². The van der Waals surface area contributed by atoms with Gasteiger partial charge in [0.15, 0.2) is 0 Å². The highest BCUT2D eigenvalue weighted by molar-refractivity contribution is 6.01. The van der Waals surface area contributed by atoms with Crippen LogP contribution in [0.4, 0.5) is 26.3 Å². The van der Waals surface area contributed by atoms with Crippen molar-refractivity contribution < 1.29 is 31.1 Å². The third-order valence-electron chi connectivity index (χ3n) is 5.44. The average molecular weight is 504 g/mol. The fourth-order valence-corrected chi connectivity index (χ4v) is 3.75. The van der Waals surface area contributed by atoms with E-state index in [4.69, 9.17) is 0 Å². The molecule has 0 aliphatic rings. The van der Waals surface area contributed by atoms with Crippen molar-refractivity contribution in [3.63, 3.8) is 0 Å². The van der Waals surface area contributed by atoms with Crippen molar-refractivity contribution in [2.75, 3.05) is 14.1 Å². The summed E-state index contributed by atoms with van der Waals surface area (Å²) in [7, 11) is 3.18. The molecule has 5 nitrogen and oxygen atoms in total. The van der Waals surface area contributed by atoms with Crippen molar-refractivity contribution in [1.29, 1.82) is 0 Å². The molecule has 2 aromatic heterocycles. The lowest BCUT2D eigenvalue weighted by atomic mass is 9.98. The first-order valence-electron chi connectivity index (χ1n) is 10.5. The summed E-state index contributed by atoms with van der Waals surface area (Å²) in [4.78, 5) is 22.2. The number of amides is 1. The van der Waals surface area contributed by atoms with Crippen molar-refractivity contribution in [2.45, 2.75) is 12.4 Å². The second kappa shape index (κ2) is 9.14. The zero-order valence-electron chi connectivity index (χ0n) is 18.9. The Labute approximate surface area is 201 Å². The van der Waals surface area contributed by atoms with E-state index in [9.17, 15) is 31.1 Å². The highest BCUT2D eigenvalue weighted by atomic mass is 19.4. The summed E-state index contributed by atoms with van der Waals surface area (Å²) in [5.74, 6) is -0.285. The normalized spacial score (nSPS) is 12.0. The summed E-state index contributed by atoms with van der Waals surface area (Å²) >= 11 is 0. The van der Waals surface area contributed by atoms with E-state index in [1.807, 2.05) is 0 Å². The fourth-order valence-electron chi connectivity index (χ4n) is 3.75. The molecule has 11 heteroatoms. The number of pyridine rings is 1. The first-order chi connectivity index (χ1) is 16.9. The molecule has 4 rings (SSSR count). The Bertz CT molecular complexity index is 1390. The van der Waals surface area contributed by atoms with Crippen molar-refractivity contribution in [3.8, 4) is 28.1 Å². The maximum atomic E-state index is 13.4. The Balaban J connectivity index is 1.93. The summed E-state index contributed by atoms with van der Waals surface area (Å²) in [6.45, 7) is 0. The lowest BCUT2D eigenvalue weighted by Gasteiger charge is -2.18. The average Bonchev–Trinajstić information content (AvgIpc) is 3.32. The third-order valence-corrected chi connectivity index (χ3v) is 5.44. The zero-order chi connectivity index (χ0) is 26.3. The summed E-state index contributed by atoms with van der Waals surface area (Å²) in [5, 5.41) is 0. The molecule has 0 aliphatic heterocycles. The molecule has 186 valence electrons. The third kappa shape index (κ3) is 4.81. The zero-order valence-corrected chi connectivity index (χ0v) is 18.9. The largest absolute Gasteiger partial charge is 0.416 e. The van der Waals surface area contributed by atoms with Crippen LogP contribution in [0.5, 0.6) is 0 Å². The lowest BCUT2D eigenvalue weighted by molar-refractivity contribution is -0.143. The van der Waals surface area contributed by atoms with Crippen molar-refractivity contribution >= 4 is 5.91 Å². The molecule has 2 aromatic carbocycles. The number of carbonyl (C=O) groups excluding carboxylic acids is 1. The predicted molar refractivity (Wildman–Crippen MR) is 120 cm³/mol. The lowest BCUT2D eigenvalue weighted by Crippen LogP contribution is -2.22. The van der Waals surface area contributed by atoms with Crippen LogP contribution < -0.4 is 0 Å². The molecule has 36 heavy (non-hydrogen) atoms. The molecule has 0 spiro atoms. The fraction of sp³-hybridized carbons (Fsp3) is 0.160. The standard InChI is InChI=1S/C25H18F6N4O/c1-34(2)23(36)20-6-4-3-5-18(20)19-7-8-32-13-22(19)35-14-33-12-21(35)15-9-16(24(26,27)28)11-17(10-15)25(29,30)31/h3-14H,1-2H3. The van der Waals surface area contributed by atoms with Gasteiger partial charge in [-0.15, -0.1) is 0 Å². The van der Waals surface area contributed by atoms with Crippen LogP contribution in [0.25, 0.3) is 28.1 Å². The second-order valence-corrected chi connectivity index (χ2v) is 8.08. The molecule has 0 saturated heterocycles. The van der Waals surface area contributed by atoms with E-state index in [-0.39, 0.29) is 23.2 Å². The van der Waals surface area contributed by atoms with Crippen LogP contribution in [0.2, 0.25) is 0 Å². The van der Waals surface area contributed by atoms with E-state index >= 15 is 0 Å². The number of imidazole rings is 1. The predicted octanol–water partition coefficient (Wildman–Crippen LogP) is 6.34. The van der Waals surface area contributed by atoms with Crippen molar-refractivity contribution in [3.05, 3.63) is 90.1 Å². The first-order valence-corrected chi connectivity index (χ1v) is 10.5. The first kappa shape index (κ1) is 25.0. The van der Waals surface area contributed by atoms with Gasteiger partial charge in [0.25, 0.3) is 5.91 Å². The Hall–Kier alpha value is -4.15. The van der Waals surface area contributed by atoms with Crippen LogP contribution in [0.1, 0.15) is 21.5 Å². The molecular weight excluding hydrogens is 486 g/mol. The Kier molecular flexibility index (Phi) is 6.33. The minimum absolute atomic E-state index is 0.0164. The molecule has 4 aromatic rings. The number of nitrogens with zero attached hydrogens (tertiary/aromatic N) is 4. The molecule has 0 N–H and O–H groups in total. The summed E-state index contributed by atoms with van der Waals surface area (Å²) < 4.78 is 82.0. The smallest absolute Gasteiger partial charge is 0.345 e. The van der Waals surface area contributed by atoms with Gasteiger partial charge in [-0.3, -0.25) is 14.3 Å². The quantitative estimate of drug-likeness (QED) is 0.305. The maximum Gasteiger partial charge on any atom is 0.416 e. The van der Waals surface area contributed by atoms with Crippen LogP contribution in [-0.4, -0.2) is 39.4 Å². The number of hydrogen-bond acceptors (Lipinski definition) is 3. The van der Waals surface area contributed by atoms with E-state index in [0.717, 1.165) is 0 Å². The topological polar surface area (TPSA) is 51.0 Å². The van der Waals surface area contributed by atoms with Gasteiger partial charge in [0.1, 0.15) is 0 Å². The molecule has 2 heterocycles. The molecular formula is C25H18F6N4O. The molecule has 0 saturated carbocycles. The van der Waals surface area contributed by atoms with Crippen molar-refractivity contribution in [1.82, 2.24) is 19.4 Å². The van der Waals surface area contributed by atoms with Gasteiger partial charge >= 0.3 is 12.4 Å². The number of rotatable bonds is 4. The highest BCUT2D eigenvalue weighted by Crippen LogP contribution is 2.39. The summed E-state index contributed by atoms with van der Waals surface area (Å²) in [6, 6.07) is 9.67. The van der Waals surface area contributed by atoms with Gasteiger partial charge in [-0.1, -0.05) is 18.2 Å². The van der Waals surface area contributed by atoms with Gasteiger partial charge in [0.05, 0.1) is 41.2 Å². The van der Waals surface area contributed by atoms with Gasteiger partial charge in [0.2, 0.25) is 0 Å². The molecule has 0 unspecified atom stereocenters. The number of carbonyl (C=O) groups is 1. The summed E-state index contributed by atoms with van der Waals surface area (Å²) in [5.41, 5.74) is -1.56. The molecule has 0 bridgehead atoms. The maximum absolute atomic E-state index is 13.4. The Morgan fingerprint density at radius 3 is 2.08 bits per heavy atom. The molecule has 0 atom stereocenters. The van der Waals surface area contributed by atoms with Crippen LogP contribution in [0, 0.1) is 0 Å². The van der Waals surface area contributed by atoms with Crippen molar-refractivity contribution in [2.24, 2.45) is 0 Å². The van der Waals surface area contributed by atoms with E-state index in [2.05, 4.69) is 9.97 Å². The minimum atomic E-state index is -4.99. The summed E-state index contributed by atoms with van der Waals surface area (Å²) in [6.07, 6.45) is -4.69. The van der Waals surface area contributed by atoms with E-state index in [0.29, 0.717) is 34.5 Å². The SMILES string of the molecule is CN(C)C(=O)c1ccccc1-c1ccncc1-n1cncc1-c1cc(C(F)(F)F)cc(C(F)(F)F)c1. The number of aromatic nitrogens is 3. The van der Waals surface area contributed by atoms with Crippen LogP contribution in [0.15, 0.2) is 73.4 Å². The highest BCUT2D eigenvalue weighted by Gasteiger charge is 2.37. The van der Waals surface area contributed by atoms with E-state index in [1.54, 1.807) is 44.4 Å². The second-order valence-electron chi connectivity index (χ2n) is 8.08. The monoisotopic (exact) mass is 504 g/mol. The Morgan fingerprint density at radius 2 is 1.47 bits per heavy atom. The van der Waals surface area contributed by atoms with Gasteiger partial charge in [-0.05, 0) is 35.9 Å². The molecule has 0 fully saturated rings. The van der Waals surface area contributed by atoms with Crippen LogP contribution in [0.3, 0.4) is 0 Å². The molecule has 0 radical (unpaired) electrons. The van der Waals surface area contributed by atoms with Crippen LogP contribution >= 0.6 is 0 Å². The van der Waals surface area contributed by atoms with Gasteiger partial charge in [0, 0.05) is 37.0 Å². The van der Waals surface area contributed by atoms with Gasteiger partial charge < -0.3 is 4.90 Å². The minimum Gasteiger partial charge on any atom is -0.345 e. The Morgan fingerprint density at radius 1 is 0.833 bits per heavy atom.